The Morgan fingerprint density at radius 2 is 1.68 bits per heavy atom. The lowest BCUT2D eigenvalue weighted by molar-refractivity contribution is -0.118. The molecule has 1 aliphatic rings. The Morgan fingerprint density at radius 3 is 2.28 bits per heavy atom. The van der Waals surface area contributed by atoms with Gasteiger partial charge >= 0.3 is 0 Å². The molecule has 1 aliphatic heterocycles. The van der Waals surface area contributed by atoms with Gasteiger partial charge in [-0.05, 0) is 67.8 Å². The summed E-state index contributed by atoms with van der Waals surface area (Å²) in [6.07, 6.45) is 0.361. The molecule has 0 radical (unpaired) electrons. The third-order valence-electron chi connectivity index (χ3n) is 4.15. The fraction of sp³-hybridized carbons (Fsp3) is 0.278. The number of nitrogens with zero attached hydrogens (tertiary/aromatic N) is 1. The summed E-state index contributed by atoms with van der Waals surface area (Å²) < 4.78 is 40.7. The molecule has 0 spiro atoms. The molecule has 2 aromatic rings. The highest BCUT2D eigenvalue weighted by Crippen LogP contribution is 2.23. The lowest BCUT2D eigenvalue weighted by Gasteiger charge is -2.17. The monoisotopic (exact) mass is 362 g/mol. The molecule has 1 saturated heterocycles. The van der Waals surface area contributed by atoms with E-state index in [0.717, 1.165) is 11.1 Å². The third-order valence-corrected chi connectivity index (χ3v) is 5.60. The Morgan fingerprint density at radius 1 is 1.08 bits per heavy atom. The van der Waals surface area contributed by atoms with Gasteiger partial charge in [0.25, 0.3) is 0 Å². The first kappa shape index (κ1) is 17.6. The first-order valence-electron chi connectivity index (χ1n) is 7.94. The molecule has 1 amide bonds. The number of rotatable bonds is 4. The van der Waals surface area contributed by atoms with Gasteiger partial charge in [-0.15, -0.1) is 0 Å². The molecule has 132 valence electrons. The Kier molecular flexibility index (Phi) is 4.62. The lowest BCUT2D eigenvalue weighted by Crippen LogP contribution is -2.41. The lowest BCUT2D eigenvalue weighted by atomic mass is 10.2. The highest BCUT2D eigenvalue weighted by molar-refractivity contribution is 7.89. The Hall–Kier alpha value is -2.25. The molecule has 1 heterocycles. The minimum Gasteiger partial charge on any atom is -0.311 e. The van der Waals surface area contributed by atoms with Crippen LogP contribution in [0.2, 0.25) is 0 Å². The summed E-state index contributed by atoms with van der Waals surface area (Å²) in [5.74, 6) is -0.720. The number of sulfonamides is 1. The zero-order valence-corrected chi connectivity index (χ0v) is 14.8. The van der Waals surface area contributed by atoms with Gasteiger partial charge in [0.2, 0.25) is 15.9 Å². The van der Waals surface area contributed by atoms with Crippen LogP contribution in [0, 0.1) is 19.7 Å². The zero-order chi connectivity index (χ0) is 18.2. The molecule has 1 atom stereocenters. The van der Waals surface area contributed by atoms with E-state index >= 15 is 0 Å². The topological polar surface area (TPSA) is 66.5 Å². The fourth-order valence-corrected chi connectivity index (χ4v) is 4.42. The van der Waals surface area contributed by atoms with Crippen molar-refractivity contribution in [2.75, 3.05) is 11.4 Å². The fourth-order valence-electron chi connectivity index (χ4n) is 3.01. The van der Waals surface area contributed by atoms with Crippen LogP contribution in [0.15, 0.2) is 47.4 Å². The number of halogens is 1. The van der Waals surface area contributed by atoms with E-state index in [-0.39, 0.29) is 16.6 Å². The number of hydrogen-bond acceptors (Lipinski definition) is 3. The highest BCUT2D eigenvalue weighted by atomic mass is 32.2. The number of aryl methyl sites for hydroxylation is 2. The molecule has 0 aromatic heterocycles. The predicted octanol–water partition coefficient (Wildman–Crippen LogP) is 2.53. The molecular weight excluding hydrogens is 343 g/mol. The molecule has 0 bridgehead atoms. The quantitative estimate of drug-likeness (QED) is 0.909. The van der Waals surface area contributed by atoms with Crippen molar-refractivity contribution in [1.29, 1.82) is 0 Å². The second-order valence-electron chi connectivity index (χ2n) is 6.25. The van der Waals surface area contributed by atoms with Gasteiger partial charge in [0.05, 0.1) is 4.90 Å². The van der Waals surface area contributed by atoms with E-state index in [4.69, 9.17) is 0 Å². The van der Waals surface area contributed by atoms with Crippen molar-refractivity contribution in [3.05, 3.63) is 59.4 Å². The molecule has 1 N–H and O–H groups in total. The van der Waals surface area contributed by atoms with Crippen molar-refractivity contribution in [2.45, 2.75) is 31.2 Å². The maximum absolute atomic E-state index is 13.0. The van der Waals surface area contributed by atoms with E-state index in [1.165, 1.54) is 29.2 Å². The van der Waals surface area contributed by atoms with Gasteiger partial charge in [0.1, 0.15) is 11.9 Å². The van der Waals surface area contributed by atoms with Crippen molar-refractivity contribution >= 4 is 21.6 Å². The van der Waals surface area contributed by atoms with Crippen LogP contribution in [0.25, 0.3) is 0 Å². The Labute approximate surface area is 146 Å². The van der Waals surface area contributed by atoms with Gasteiger partial charge < -0.3 is 4.90 Å². The molecule has 2 aromatic carbocycles. The second-order valence-corrected chi connectivity index (χ2v) is 7.97. The smallest absolute Gasteiger partial charge is 0.245 e. The van der Waals surface area contributed by atoms with Crippen molar-refractivity contribution in [2.24, 2.45) is 0 Å². The number of anilines is 1. The Bertz CT molecular complexity index is 890. The van der Waals surface area contributed by atoms with Crippen molar-refractivity contribution in [3.8, 4) is 0 Å². The molecule has 5 nitrogen and oxygen atoms in total. The summed E-state index contributed by atoms with van der Waals surface area (Å²) in [6, 6.07) is 9.78. The van der Waals surface area contributed by atoms with Crippen molar-refractivity contribution in [3.63, 3.8) is 0 Å². The number of amides is 1. The van der Waals surface area contributed by atoms with Crippen LogP contribution in [0.3, 0.4) is 0 Å². The second kappa shape index (κ2) is 6.57. The first-order chi connectivity index (χ1) is 11.8. The average Bonchev–Trinajstić information content (AvgIpc) is 2.88. The van der Waals surface area contributed by atoms with Crippen molar-refractivity contribution < 1.29 is 17.6 Å². The van der Waals surface area contributed by atoms with Crippen LogP contribution in [0.1, 0.15) is 17.5 Å². The first-order valence-corrected chi connectivity index (χ1v) is 9.42. The molecule has 0 saturated carbocycles. The number of hydrogen-bond donors (Lipinski definition) is 1. The summed E-state index contributed by atoms with van der Waals surface area (Å²) in [5.41, 5.74) is 2.23. The molecule has 25 heavy (non-hydrogen) atoms. The largest absolute Gasteiger partial charge is 0.311 e. The van der Waals surface area contributed by atoms with E-state index in [0.29, 0.717) is 18.7 Å². The highest BCUT2D eigenvalue weighted by Gasteiger charge is 2.35. The van der Waals surface area contributed by atoms with Crippen molar-refractivity contribution in [1.82, 2.24) is 4.72 Å². The maximum atomic E-state index is 13.0. The van der Waals surface area contributed by atoms with Crippen LogP contribution in [0.5, 0.6) is 0 Å². The van der Waals surface area contributed by atoms with Gasteiger partial charge in [0.15, 0.2) is 0 Å². The molecule has 1 fully saturated rings. The summed E-state index contributed by atoms with van der Waals surface area (Å²) >= 11 is 0. The zero-order valence-electron chi connectivity index (χ0n) is 14.0. The number of benzene rings is 2. The minimum atomic E-state index is -3.79. The molecule has 0 unspecified atom stereocenters. The van der Waals surface area contributed by atoms with Gasteiger partial charge in [-0.1, -0.05) is 6.07 Å². The predicted molar refractivity (Wildman–Crippen MR) is 93.4 cm³/mol. The van der Waals surface area contributed by atoms with Crippen LogP contribution in [-0.4, -0.2) is 26.9 Å². The standard InChI is InChI=1S/C18H19FN2O3S/c1-12-9-13(2)11-16(10-12)25(23,24)20-17-7-8-21(18(17)22)15-5-3-14(19)4-6-15/h3-6,9-11,17,20H,7-8H2,1-2H3/t17-/m0/s1. The summed E-state index contributed by atoms with van der Waals surface area (Å²) in [6.45, 7) is 4.02. The molecule has 0 aliphatic carbocycles. The van der Waals surface area contributed by atoms with E-state index in [1.54, 1.807) is 12.1 Å². The van der Waals surface area contributed by atoms with E-state index in [9.17, 15) is 17.6 Å². The average molecular weight is 362 g/mol. The third kappa shape index (κ3) is 3.72. The van der Waals surface area contributed by atoms with Gasteiger partial charge in [-0.25, -0.2) is 12.8 Å². The van der Waals surface area contributed by atoms with Crippen LogP contribution in [-0.2, 0) is 14.8 Å². The summed E-state index contributed by atoms with van der Waals surface area (Å²) in [7, 11) is -3.79. The van der Waals surface area contributed by atoms with Crippen LogP contribution < -0.4 is 9.62 Å². The van der Waals surface area contributed by atoms with E-state index in [2.05, 4.69) is 4.72 Å². The maximum Gasteiger partial charge on any atom is 0.245 e. The van der Waals surface area contributed by atoms with Gasteiger partial charge in [-0.3, -0.25) is 4.79 Å². The molecule has 3 rings (SSSR count). The number of carbonyl (C=O) groups excluding carboxylic acids is 1. The Balaban J connectivity index is 1.79. The van der Waals surface area contributed by atoms with E-state index < -0.39 is 16.1 Å². The normalized spacial score (nSPS) is 18.0. The number of carbonyl (C=O) groups is 1. The molecule has 7 heteroatoms. The van der Waals surface area contributed by atoms with Gasteiger partial charge in [-0.2, -0.15) is 4.72 Å². The van der Waals surface area contributed by atoms with Crippen LogP contribution >= 0.6 is 0 Å². The minimum absolute atomic E-state index is 0.151. The number of nitrogens with one attached hydrogen (secondary N) is 1. The SMILES string of the molecule is Cc1cc(C)cc(S(=O)(=O)N[C@H]2CCN(c3ccc(F)cc3)C2=O)c1. The summed E-state index contributed by atoms with van der Waals surface area (Å²) in [5, 5.41) is 0. The van der Waals surface area contributed by atoms with Gasteiger partial charge in [0, 0.05) is 12.2 Å². The van der Waals surface area contributed by atoms with Crippen LogP contribution in [0.4, 0.5) is 10.1 Å². The van der Waals surface area contributed by atoms with E-state index in [1.807, 2.05) is 19.9 Å². The molecular formula is C18H19FN2O3S. The summed E-state index contributed by atoms with van der Waals surface area (Å²) in [4.78, 5) is 14.2.